The molecule has 0 aliphatic rings. The molecular weight excluding hydrogens is 302 g/mol. The van der Waals surface area contributed by atoms with Gasteiger partial charge in [-0.15, -0.1) is 0 Å². The molecule has 1 N–H and O–H groups in total. The van der Waals surface area contributed by atoms with Gasteiger partial charge < -0.3 is 10.1 Å². The van der Waals surface area contributed by atoms with Gasteiger partial charge in [0, 0.05) is 19.4 Å². The molecule has 134 valence electrons. The number of hydrogen-bond acceptors (Lipinski definition) is 3. The van der Waals surface area contributed by atoms with Crippen molar-refractivity contribution in [1.82, 2.24) is 5.32 Å². The van der Waals surface area contributed by atoms with Crippen molar-refractivity contribution >= 4 is 11.9 Å². The van der Waals surface area contributed by atoms with Crippen molar-refractivity contribution in [2.45, 2.75) is 71.3 Å². The molecule has 1 amide bonds. The lowest BCUT2D eigenvalue weighted by atomic mass is 10.1. The Kier molecular flexibility index (Phi) is 11.4. The van der Waals surface area contributed by atoms with Crippen LogP contribution in [0.15, 0.2) is 30.3 Å². The van der Waals surface area contributed by atoms with E-state index in [4.69, 9.17) is 4.74 Å². The predicted octanol–water partition coefficient (Wildman–Crippen LogP) is 5.01. The second-order valence-corrected chi connectivity index (χ2v) is 6.11. The number of alkyl carbamates (subject to hydrolysis) is 1. The Labute approximate surface area is 146 Å². The summed E-state index contributed by atoms with van der Waals surface area (Å²) in [7, 11) is 0. The van der Waals surface area contributed by atoms with E-state index in [1.807, 2.05) is 37.3 Å². The molecule has 0 radical (unpaired) electrons. The fourth-order valence-electron chi connectivity index (χ4n) is 2.47. The Morgan fingerprint density at radius 1 is 0.917 bits per heavy atom. The Balaban J connectivity index is 1.86. The van der Waals surface area contributed by atoms with Crippen molar-refractivity contribution in [2.75, 3.05) is 6.54 Å². The summed E-state index contributed by atoms with van der Waals surface area (Å²) in [6.07, 6.45) is 8.93. The van der Waals surface area contributed by atoms with Gasteiger partial charge >= 0.3 is 6.09 Å². The topological polar surface area (TPSA) is 55.4 Å². The molecule has 1 aromatic carbocycles. The fraction of sp³-hybridized carbons (Fsp3) is 0.600. The molecule has 0 aromatic heterocycles. The molecule has 0 spiro atoms. The zero-order chi connectivity index (χ0) is 17.5. The van der Waals surface area contributed by atoms with E-state index in [1.54, 1.807) is 0 Å². The second kappa shape index (κ2) is 13.6. The van der Waals surface area contributed by atoms with E-state index < -0.39 is 0 Å². The fourth-order valence-corrected chi connectivity index (χ4v) is 2.47. The Hall–Kier alpha value is -1.84. The summed E-state index contributed by atoms with van der Waals surface area (Å²) in [6.45, 7) is 2.90. The maximum atomic E-state index is 11.5. The number of unbranched alkanes of at least 4 members (excludes halogenated alkanes) is 6. The molecule has 24 heavy (non-hydrogen) atoms. The van der Waals surface area contributed by atoms with Gasteiger partial charge in [0.1, 0.15) is 12.4 Å². The number of carbonyl (C=O) groups excluding carboxylic acids is 2. The third-order valence-electron chi connectivity index (χ3n) is 4.01. The summed E-state index contributed by atoms with van der Waals surface area (Å²) in [5.41, 5.74) is 0.994. The van der Waals surface area contributed by atoms with Crippen molar-refractivity contribution < 1.29 is 14.3 Å². The molecule has 1 aromatic rings. The number of carbonyl (C=O) groups is 2. The molecule has 4 heteroatoms. The van der Waals surface area contributed by atoms with Crippen molar-refractivity contribution in [2.24, 2.45) is 0 Å². The molecule has 0 saturated carbocycles. The van der Waals surface area contributed by atoms with Gasteiger partial charge in [-0.3, -0.25) is 4.79 Å². The van der Waals surface area contributed by atoms with Crippen LogP contribution in [0.4, 0.5) is 4.79 Å². The normalized spacial score (nSPS) is 10.4. The minimum absolute atomic E-state index is 0.313. The largest absolute Gasteiger partial charge is 0.445 e. The molecule has 0 fully saturated rings. The van der Waals surface area contributed by atoms with Crippen LogP contribution < -0.4 is 5.32 Å². The van der Waals surface area contributed by atoms with E-state index in [1.165, 1.54) is 19.3 Å². The highest BCUT2D eigenvalue weighted by Crippen LogP contribution is 2.09. The highest BCUT2D eigenvalue weighted by molar-refractivity contribution is 5.77. The number of benzene rings is 1. The van der Waals surface area contributed by atoms with Crippen LogP contribution in [0.2, 0.25) is 0 Å². The predicted molar refractivity (Wildman–Crippen MR) is 96.9 cm³/mol. The summed E-state index contributed by atoms with van der Waals surface area (Å²) < 4.78 is 5.15. The van der Waals surface area contributed by atoms with Crippen LogP contribution in [0.3, 0.4) is 0 Å². The average molecular weight is 333 g/mol. The summed E-state index contributed by atoms with van der Waals surface area (Å²) in [5.74, 6) is 0.375. The molecule has 1 rings (SSSR count). The minimum Gasteiger partial charge on any atom is -0.445 e. The molecule has 0 atom stereocenters. The smallest absolute Gasteiger partial charge is 0.407 e. The maximum Gasteiger partial charge on any atom is 0.407 e. The van der Waals surface area contributed by atoms with Gasteiger partial charge in [-0.2, -0.15) is 0 Å². The zero-order valence-corrected chi connectivity index (χ0v) is 14.9. The standard InChI is InChI=1S/C20H31NO3/c1-2-19(22)15-11-6-4-3-5-7-12-16-21-20(23)24-17-18-13-9-8-10-14-18/h8-10,13-14H,2-7,11-12,15-17H2,1H3,(H,21,23). The molecule has 0 bridgehead atoms. The monoisotopic (exact) mass is 333 g/mol. The number of rotatable bonds is 13. The first kappa shape index (κ1) is 20.2. The van der Waals surface area contributed by atoms with Crippen LogP contribution in [0.25, 0.3) is 0 Å². The van der Waals surface area contributed by atoms with E-state index in [2.05, 4.69) is 5.32 Å². The lowest BCUT2D eigenvalue weighted by Gasteiger charge is -2.07. The van der Waals surface area contributed by atoms with Crippen LogP contribution in [-0.4, -0.2) is 18.4 Å². The van der Waals surface area contributed by atoms with Gasteiger partial charge in [-0.1, -0.05) is 69.4 Å². The van der Waals surface area contributed by atoms with Crippen LogP contribution >= 0.6 is 0 Å². The molecule has 4 nitrogen and oxygen atoms in total. The SMILES string of the molecule is CCC(=O)CCCCCCCCCNC(=O)OCc1ccccc1. The van der Waals surface area contributed by atoms with E-state index in [9.17, 15) is 9.59 Å². The van der Waals surface area contributed by atoms with Gasteiger partial charge in [0.25, 0.3) is 0 Å². The number of ether oxygens (including phenoxy) is 1. The molecule has 0 aliphatic carbocycles. The van der Waals surface area contributed by atoms with Gasteiger partial charge in [-0.25, -0.2) is 4.79 Å². The summed E-state index contributed by atoms with van der Waals surface area (Å²) >= 11 is 0. The van der Waals surface area contributed by atoms with Gasteiger partial charge in [0.05, 0.1) is 0 Å². The minimum atomic E-state index is -0.348. The quantitative estimate of drug-likeness (QED) is 0.516. The number of nitrogens with one attached hydrogen (secondary N) is 1. The molecule has 0 saturated heterocycles. The van der Waals surface area contributed by atoms with E-state index in [0.717, 1.165) is 37.7 Å². The van der Waals surface area contributed by atoms with Crippen molar-refractivity contribution in [1.29, 1.82) is 0 Å². The highest BCUT2D eigenvalue weighted by atomic mass is 16.5. The van der Waals surface area contributed by atoms with Crippen molar-refractivity contribution in [3.8, 4) is 0 Å². The number of ketones is 1. The first-order chi connectivity index (χ1) is 11.7. The molecular formula is C20H31NO3. The lowest BCUT2D eigenvalue weighted by molar-refractivity contribution is -0.118. The van der Waals surface area contributed by atoms with Crippen molar-refractivity contribution in [3.63, 3.8) is 0 Å². The van der Waals surface area contributed by atoms with E-state index >= 15 is 0 Å². The number of hydrogen-bond donors (Lipinski definition) is 1. The van der Waals surface area contributed by atoms with Gasteiger partial charge in [0.15, 0.2) is 0 Å². The van der Waals surface area contributed by atoms with Crippen LogP contribution in [0.5, 0.6) is 0 Å². The van der Waals surface area contributed by atoms with E-state index in [-0.39, 0.29) is 6.09 Å². The average Bonchev–Trinajstić information content (AvgIpc) is 2.62. The summed E-state index contributed by atoms with van der Waals surface area (Å²) in [5, 5.41) is 2.78. The molecule has 0 heterocycles. The van der Waals surface area contributed by atoms with Crippen LogP contribution in [0, 0.1) is 0 Å². The van der Waals surface area contributed by atoms with Gasteiger partial charge in [0.2, 0.25) is 0 Å². The van der Waals surface area contributed by atoms with Crippen LogP contribution in [-0.2, 0) is 16.1 Å². The first-order valence-electron chi connectivity index (χ1n) is 9.18. The van der Waals surface area contributed by atoms with Crippen molar-refractivity contribution in [3.05, 3.63) is 35.9 Å². The number of Topliss-reactive ketones (excluding diaryl/α,β-unsaturated/α-hetero) is 1. The Morgan fingerprint density at radius 3 is 2.21 bits per heavy atom. The summed E-state index contributed by atoms with van der Waals surface area (Å²) in [6, 6.07) is 9.67. The first-order valence-corrected chi connectivity index (χ1v) is 9.18. The maximum absolute atomic E-state index is 11.5. The third-order valence-corrected chi connectivity index (χ3v) is 4.01. The molecule has 0 unspecified atom stereocenters. The third kappa shape index (κ3) is 10.8. The number of amides is 1. The van der Waals surface area contributed by atoms with E-state index in [0.29, 0.717) is 25.4 Å². The zero-order valence-electron chi connectivity index (χ0n) is 14.9. The Morgan fingerprint density at radius 2 is 1.54 bits per heavy atom. The molecule has 0 aliphatic heterocycles. The van der Waals surface area contributed by atoms with Gasteiger partial charge in [-0.05, 0) is 18.4 Å². The summed E-state index contributed by atoms with van der Waals surface area (Å²) in [4.78, 5) is 22.7. The Bertz CT molecular complexity index is 459. The van der Waals surface area contributed by atoms with Crippen LogP contribution in [0.1, 0.15) is 70.3 Å². The highest BCUT2D eigenvalue weighted by Gasteiger charge is 2.01. The second-order valence-electron chi connectivity index (χ2n) is 6.11. The lowest BCUT2D eigenvalue weighted by Crippen LogP contribution is -2.25.